The Morgan fingerprint density at radius 2 is 0.842 bits per heavy atom. The van der Waals surface area contributed by atoms with Crippen LogP contribution < -0.4 is 0 Å². The molecule has 0 N–H and O–H groups in total. The number of hydrogen-bond acceptors (Lipinski definition) is 6. The Labute approximate surface area is 234 Å². The predicted molar refractivity (Wildman–Crippen MR) is 154 cm³/mol. The van der Waals surface area contributed by atoms with E-state index in [1.807, 2.05) is 0 Å². The molecule has 2 atom stereocenters. The van der Waals surface area contributed by atoms with Crippen LogP contribution in [0, 0.1) is 11.8 Å². The molecule has 224 valence electrons. The van der Waals surface area contributed by atoms with Crippen molar-refractivity contribution in [2.24, 2.45) is 11.8 Å². The summed E-state index contributed by atoms with van der Waals surface area (Å²) in [6.45, 7) is 9.87. The summed E-state index contributed by atoms with van der Waals surface area (Å²) in [6.07, 6.45) is 20.3. The zero-order chi connectivity index (χ0) is 27.8. The summed E-state index contributed by atoms with van der Waals surface area (Å²) in [5.74, 6) is 1.60. The van der Waals surface area contributed by atoms with Crippen molar-refractivity contribution in [3.8, 4) is 0 Å². The van der Waals surface area contributed by atoms with Crippen LogP contribution in [0.25, 0.3) is 0 Å². The average molecular weight is 541 g/mol. The van der Waals surface area contributed by atoms with Gasteiger partial charge in [-0.05, 0) is 50.4 Å². The number of carbonyl (C=O) groups excluding carboxylic acids is 2. The van der Waals surface area contributed by atoms with Crippen LogP contribution in [-0.4, -0.2) is 37.7 Å². The van der Waals surface area contributed by atoms with Gasteiger partial charge < -0.3 is 18.9 Å². The van der Waals surface area contributed by atoms with E-state index in [0.29, 0.717) is 26.1 Å². The molecule has 0 amide bonds. The third kappa shape index (κ3) is 20.5. The SMILES string of the molecule is CC(C)CCCCCCCCCOC(=O)OC1CCCCC1OC(=O)OCCCCCCCCCC(C)C. The van der Waals surface area contributed by atoms with Crippen LogP contribution in [0.1, 0.15) is 156 Å². The zero-order valence-electron chi connectivity index (χ0n) is 25.3. The molecule has 1 aliphatic rings. The second-order valence-electron chi connectivity index (χ2n) is 12.1. The first kappa shape index (κ1) is 34.6. The van der Waals surface area contributed by atoms with Crippen LogP contribution in [0.3, 0.4) is 0 Å². The van der Waals surface area contributed by atoms with E-state index in [2.05, 4.69) is 27.7 Å². The highest BCUT2D eigenvalue weighted by Crippen LogP contribution is 2.25. The Kier molecular flexibility index (Phi) is 21.3. The molecule has 0 radical (unpaired) electrons. The number of rotatable bonds is 22. The summed E-state index contributed by atoms with van der Waals surface area (Å²) in [6, 6.07) is 0. The number of hydrogen-bond donors (Lipinski definition) is 0. The van der Waals surface area contributed by atoms with E-state index in [1.54, 1.807) is 0 Å². The van der Waals surface area contributed by atoms with Crippen molar-refractivity contribution in [3.63, 3.8) is 0 Å². The van der Waals surface area contributed by atoms with Crippen LogP contribution in [0.15, 0.2) is 0 Å². The maximum Gasteiger partial charge on any atom is 0.508 e. The molecule has 0 bridgehead atoms. The molecule has 38 heavy (non-hydrogen) atoms. The Hall–Kier alpha value is -1.46. The third-order valence-electron chi connectivity index (χ3n) is 7.43. The van der Waals surface area contributed by atoms with Crippen LogP contribution in [0.4, 0.5) is 9.59 Å². The van der Waals surface area contributed by atoms with E-state index in [1.165, 1.54) is 77.0 Å². The molecule has 0 aromatic heterocycles. The van der Waals surface area contributed by atoms with Gasteiger partial charge in [0.1, 0.15) is 12.2 Å². The molecule has 0 spiro atoms. The summed E-state index contributed by atoms with van der Waals surface area (Å²) in [5.41, 5.74) is 0. The Balaban J connectivity index is 2.06. The Bertz CT molecular complexity index is 526. The number of carbonyl (C=O) groups is 2. The molecule has 0 aromatic carbocycles. The monoisotopic (exact) mass is 540 g/mol. The molecular formula is C32H60O6. The molecule has 2 unspecified atom stereocenters. The first-order chi connectivity index (χ1) is 18.4. The van der Waals surface area contributed by atoms with Gasteiger partial charge in [0, 0.05) is 0 Å². The van der Waals surface area contributed by atoms with E-state index >= 15 is 0 Å². The van der Waals surface area contributed by atoms with Gasteiger partial charge in [-0.2, -0.15) is 0 Å². The highest BCUT2D eigenvalue weighted by atomic mass is 16.8. The lowest BCUT2D eigenvalue weighted by molar-refractivity contribution is -0.0713. The molecule has 0 aromatic rings. The average Bonchev–Trinajstić information content (AvgIpc) is 2.87. The molecule has 1 saturated carbocycles. The first-order valence-electron chi connectivity index (χ1n) is 16.0. The predicted octanol–water partition coefficient (Wildman–Crippen LogP) is 10.2. The van der Waals surface area contributed by atoms with Crippen molar-refractivity contribution >= 4 is 12.3 Å². The lowest BCUT2D eigenvalue weighted by Gasteiger charge is -2.29. The van der Waals surface area contributed by atoms with Crippen LogP contribution in [0.5, 0.6) is 0 Å². The molecule has 0 aliphatic heterocycles. The maximum atomic E-state index is 12.2. The van der Waals surface area contributed by atoms with Crippen molar-refractivity contribution in [2.45, 2.75) is 168 Å². The van der Waals surface area contributed by atoms with Gasteiger partial charge in [0.15, 0.2) is 0 Å². The fraction of sp³-hybridized carbons (Fsp3) is 0.938. The summed E-state index contributed by atoms with van der Waals surface area (Å²) >= 11 is 0. The summed E-state index contributed by atoms with van der Waals surface area (Å²) in [4.78, 5) is 24.3. The van der Waals surface area contributed by atoms with Crippen molar-refractivity contribution in [1.82, 2.24) is 0 Å². The molecular weight excluding hydrogens is 480 g/mol. The summed E-state index contributed by atoms with van der Waals surface area (Å²) < 4.78 is 21.6. The van der Waals surface area contributed by atoms with Crippen LogP contribution in [-0.2, 0) is 18.9 Å². The second kappa shape index (κ2) is 23.4. The smallest absolute Gasteiger partial charge is 0.434 e. The molecule has 1 fully saturated rings. The van der Waals surface area contributed by atoms with Gasteiger partial charge in [-0.1, -0.05) is 118 Å². The standard InChI is InChI=1S/C32H60O6/c1-27(2)21-15-11-7-5-9-13-19-25-35-31(33)37-29-23-17-18-24-30(29)38-32(34)36-26-20-14-10-6-8-12-16-22-28(3)4/h27-30H,5-26H2,1-4H3. The molecule has 6 nitrogen and oxygen atoms in total. The first-order valence-corrected chi connectivity index (χ1v) is 16.0. The Morgan fingerprint density at radius 3 is 1.18 bits per heavy atom. The molecule has 0 heterocycles. The molecule has 1 rings (SSSR count). The van der Waals surface area contributed by atoms with Crippen molar-refractivity contribution in [1.29, 1.82) is 0 Å². The van der Waals surface area contributed by atoms with Crippen LogP contribution in [0.2, 0.25) is 0 Å². The highest BCUT2D eigenvalue weighted by molar-refractivity contribution is 5.61. The molecule has 0 saturated heterocycles. The van der Waals surface area contributed by atoms with Gasteiger partial charge in [0.05, 0.1) is 13.2 Å². The van der Waals surface area contributed by atoms with E-state index < -0.39 is 24.5 Å². The summed E-state index contributed by atoms with van der Waals surface area (Å²) in [5, 5.41) is 0. The van der Waals surface area contributed by atoms with Crippen LogP contribution >= 0.6 is 0 Å². The zero-order valence-corrected chi connectivity index (χ0v) is 25.3. The lowest BCUT2D eigenvalue weighted by Crippen LogP contribution is -2.38. The van der Waals surface area contributed by atoms with Gasteiger partial charge in [-0.25, -0.2) is 9.59 Å². The third-order valence-corrected chi connectivity index (χ3v) is 7.43. The van der Waals surface area contributed by atoms with Gasteiger partial charge in [-0.15, -0.1) is 0 Å². The van der Waals surface area contributed by atoms with E-state index in [-0.39, 0.29) is 0 Å². The number of ether oxygens (including phenoxy) is 4. The minimum Gasteiger partial charge on any atom is -0.434 e. The minimum absolute atomic E-state index is 0.379. The van der Waals surface area contributed by atoms with Gasteiger partial charge in [-0.3, -0.25) is 0 Å². The second-order valence-corrected chi connectivity index (χ2v) is 12.1. The van der Waals surface area contributed by atoms with Crippen molar-refractivity contribution in [2.75, 3.05) is 13.2 Å². The van der Waals surface area contributed by atoms with Crippen molar-refractivity contribution in [3.05, 3.63) is 0 Å². The molecule has 6 heteroatoms. The quantitative estimate of drug-likeness (QED) is 0.100. The topological polar surface area (TPSA) is 71.1 Å². The summed E-state index contributed by atoms with van der Waals surface area (Å²) in [7, 11) is 0. The van der Waals surface area contributed by atoms with Gasteiger partial charge >= 0.3 is 12.3 Å². The van der Waals surface area contributed by atoms with Gasteiger partial charge in [0.2, 0.25) is 0 Å². The Morgan fingerprint density at radius 1 is 0.526 bits per heavy atom. The normalized spacial score (nSPS) is 17.5. The number of unbranched alkanes of at least 4 members (excludes halogenated alkanes) is 12. The molecule has 1 aliphatic carbocycles. The van der Waals surface area contributed by atoms with Crippen molar-refractivity contribution < 1.29 is 28.5 Å². The van der Waals surface area contributed by atoms with Gasteiger partial charge in [0.25, 0.3) is 0 Å². The fourth-order valence-electron chi connectivity index (χ4n) is 5.04. The largest absolute Gasteiger partial charge is 0.508 e. The highest BCUT2D eigenvalue weighted by Gasteiger charge is 2.32. The fourth-order valence-corrected chi connectivity index (χ4v) is 5.04. The maximum absolute atomic E-state index is 12.2. The van der Waals surface area contributed by atoms with E-state index in [9.17, 15) is 9.59 Å². The minimum atomic E-state index is -0.656. The lowest BCUT2D eigenvalue weighted by atomic mass is 9.95. The van der Waals surface area contributed by atoms with E-state index in [4.69, 9.17) is 18.9 Å². The van der Waals surface area contributed by atoms with E-state index in [0.717, 1.165) is 50.4 Å².